The number of hydrogen-bond donors (Lipinski definition) is 3. The minimum absolute atomic E-state index is 0.0765. The van der Waals surface area contributed by atoms with Crippen LogP contribution in [0.4, 0.5) is 10.1 Å². The van der Waals surface area contributed by atoms with Gasteiger partial charge in [-0.05, 0) is 66.7 Å². The smallest absolute Gasteiger partial charge is 0.267 e. The second-order valence-electron chi connectivity index (χ2n) is 6.63. The molecule has 2 aromatic carbocycles. The van der Waals surface area contributed by atoms with Crippen molar-refractivity contribution in [3.63, 3.8) is 0 Å². The van der Waals surface area contributed by atoms with Gasteiger partial charge in [0.05, 0.1) is 6.42 Å². The lowest BCUT2D eigenvalue weighted by atomic mass is 10.1. The fourth-order valence-corrected chi connectivity index (χ4v) is 2.93. The number of aromatic nitrogens is 1. The lowest BCUT2D eigenvalue weighted by molar-refractivity contribution is -0.119. The van der Waals surface area contributed by atoms with E-state index in [4.69, 9.17) is 22.7 Å². The van der Waals surface area contributed by atoms with Gasteiger partial charge >= 0.3 is 0 Å². The van der Waals surface area contributed by atoms with Crippen LogP contribution >= 0.6 is 12.2 Å². The van der Waals surface area contributed by atoms with Gasteiger partial charge in [-0.1, -0.05) is 12.1 Å². The lowest BCUT2D eigenvalue weighted by Crippen LogP contribution is -2.35. The number of pyridine rings is 1. The summed E-state index contributed by atoms with van der Waals surface area (Å²) in [7, 11) is 0. The Bertz CT molecular complexity index is 1140. The third kappa shape index (κ3) is 6.31. The number of halogens is 1. The first-order valence-electron chi connectivity index (χ1n) is 9.20. The summed E-state index contributed by atoms with van der Waals surface area (Å²) >= 11 is 5.18. The Labute approximate surface area is 183 Å². The number of anilines is 1. The molecule has 0 aliphatic heterocycles. The van der Waals surface area contributed by atoms with Crippen LogP contribution < -0.4 is 21.1 Å². The molecule has 0 aliphatic rings. The van der Waals surface area contributed by atoms with Gasteiger partial charge in [0.25, 0.3) is 5.91 Å². The summed E-state index contributed by atoms with van der Waals surface area (Å²) in [5.74, 6) is -0.323. The number of primary amides is 1. The maximum absolute atomic E-state index is 12.9. The largest absolute Gasteiger partial charge is 0.457 e. The maximum atomic E-state index is 12.9. The van der Waals surface area contributed by atoms with Crippen molar-refractivity contribution in [1.29, 1.82) is 0 Å². The number of carbonyl (C=O) groups excluding carboxylic acids is 2. The number of nitrogens with zero attached hydrogens (tertiary/aromatic N) is 1. The first kappa shape index (κ1) is 21.8. The van der Waals surface area contributed by atoms with E-state index in [1.807, 2.05) is 6.92 Å². The molecular weight excluding hydrogens is 419 g/mol. The van der Waals surface area contributed by atoms with Crippen LogP contribution in [0.25, 0.3) is 0 Å². The van der Waals surface area contributed by atoms with E-state index < -0.39 is 5.91 Å². The molecule has 9 heteroatoms. The Morgan fingerprint density at radius 3 is 2.55 bits per heavy atom. The number of benzene rings is 2. The topological polar surface area (TPSA) is 106 Å². The summed E-state index contributed by atoms with van der Waals surface area (Å²) in [6.45, 7) is 1.84. The third-order valence-corrected chi connectivity index (χ3v) is 4.38. The average molecular weight is 438 g/mol. The number of ether oxygens (including phenoxy) is 1. The van der Waals surface area contributed by atoms with E-state index in [2.05, 4.69) is 15.6 Å². The Kier molecular flexibility index (Phi) is 6.88. The number of nitrogens with one attached hydrogen (secondary N) is 2. The molecule has 31 heavy (non-hydrogen) atoms. The molecule has 0 bridgehead atoms. The standard InChI is InChI=1S/C22H19FN4O3S/c1-13-10-16(6-7-19(13)30-17-8-9-25-18(12-17)21(24)29)26-22(31)27-20(28)11-14-2-4-15(23)5-3-14/h2-10,12H,11H2,1H3,(H2,24,29)(H2,26,27,28,31). The van der Waals surface area contributed by atoms with Crippen molar-refractivity contribution in [3.8, 4) is 11.5 Å². The molecule has 0 fully saturated rings. The van der Waals surface area contributed by atoms with Crippen LogP contribution in [0.5, 0.6) is 11.5 Å². The van der Waals surface area contributed by atoms with E-state index in [1.54, 1.807) is 36.4 Å². The quantitative estimate of drug-likeness (QED) is 0.509. The molecule has 1 heterocycles. The van der Waals surface area contributed by atoms with Crippen LogP contribution in [0.15, 0.2) is 60.8 Å². The summed E-state index contributed by atoms with van der Waals surface area (Å²) in [5.41, 5.74) is 7.47. The predicted octanol–water partition coefficient (Wildman–Crippen LogP) is 3.48. The van der Waals surface area contributed by atoms with Gasteiger partial charge in [-0.25, -0.2) is 4.39 Å². The summed E-state index contributed by atoms with van der Waals surface area (Å²) in [4.78, 5) is 27.2. The molecular formula is C22H19FN4O3S. The molecule has 7 nitrogen and oxygen atoms in total. The SMILES string of the molecule is Cc1cc(NC(=S)NC(=O)Cc2ccc(F)cc2)ccc1Oc1ccnc(C(N)=O)c1. The van der Waals surface area contributed by atoms with E-state index in [0.29, 0.717) is 22.7 Å². The fraction of sp³-hybridized carbons (Fsp3) is 0.0909. The Morgan fingerprint density at radius 2 is 1.87 bits per heavy atom. The van der Waals surface area contributed by atoms with Gasteiger partial charge in [0.2, 0.25) is 5.91 Å². The predicted molar refractivity (Wildman–Crippen MR) is 118 cm³/mol. The number of thiocarbonyl (C=S) groups is 1. The number of hydrogen-bond acceptors (Lipinski definition) is 5. The van der Waals surface area contributed by atoms with Gasteiger partial charge in [-0.3, -0.25) is 14.6 Å². The molecule has 0 saturated heterocycles. The molecule has 1 aromatic heterocycles. The van der Waals surface area contributed by atoms with Gasteiger partial charge in [0, 0.05) is 18.0 Å². The Balaban J connectivity index is 1.58. The Hall–Kier alpha value is -3.85. The van der Waals surface area contributed by atoms with Gasteiger partial charge in [-0.2, -0.15) is 0 Å². The molecule has 3 rings (SSSR count). The highest BCUT2D eigenvalue weighted by Crippen LogP contribution is 2.27. The van der Waals surface area contributed by atoms with Crippen LogP contribution in [0.2, 0.25) is 0 Å². The van der Waals surface area contributed by atoms with E-state index in [-0.39, 0.29) is 29.0 Å². The molecule has 0 aliphatic carbocycles. The van der Waals surface area contributed by atoms with E-state index >= 15 is 0 Å². The van der Waals surface area contributed by atoms with Gasteiger partial charge in [-0.15, -0.1) is 0 Å². The number of aryl methyl sites for hydroxylation is 1. The number of amides is 2. The molecule has 4 N–H and O–H groups in total. The number of rotatable bonds is 6. The summed E-state index contributed by atoms with van der Waals surface area (Å²) in [6.07, 6.45) is 1.51. The molecule has 0 saturated carbocycles. The zero-order chi connectivity index (χ0) is 22.4. The molecule has 0 spiro atoms. The lowest BCUT2D eigenvalue weighted by Gasteiger charge is -2.13. The third-order valence-electron chi connectivity index (χ3n) is 4.18. The summed E-state index contributed by atoms with van der Waals surface area (Å²) in [6, 6.07) is 14.0. The van der Waals surface area contributed by atoms with Crippen molar-refractivity contribution in [2.45, 2.75) is 13.3 Å². The highest BCUT2D eigenvalue weighted by Gasteiger charge is 2.09. The van der Waals surface area contributed by atoms with Gasteiger partial charge in [0.15, 0.2) is 5.11 Å². The molecule has 2 amide bonds. The van der Waals surface area contributed by atoms with Gasteiger partial charge in [0.1, 0.15) is 23.0 Å². The Morgan fingerprint density at radius 1 is 1.13 bits per heavy atom. The minimum Gasteiger partial charge on any atom is -0.457 e. The molecule has 0 atom stereocenters. The van der Waals surface area contributed by atoms with E-state index in [9.17, 15) is 14.0 Å². The average Bonchev–Trinajstić information content (AvgIpc) is 2.72. The van der Waals surface area contributed by atoms with Crippen molar-refractivity contribution >= 4 is 34.8 Å². The zero-order valence-electron chi connectivity index (χ0n) is 16.5. The highest BCUT2D eigenvalue weighted by molar-refractivity contribution is 7.80. The van der Waals surface area contributed by atoms with Crippen molar-refractivity contribution in [3.05, 3.63) is 83.4 Å². The van der Waals surface area contributed by atoms with E-state index in [0.717, 1.165) is 5.56 Å². The van der Waals surface area contributed by atoms with Crippen LogP contribution in [0, 0.1) is 12.7 Å². The van der Waals surface area contributed by atoms with Gasteiger partial charge < -0.3 is 21.1 Å². The number of nitrogens with two attached hydrogens (primary N) is 1. The fourth-order valence-electron chi connectivity index (χ4n) is 2.70. The summed E-state index contributed by atoms with van der Waals surface area (Å²) < 4.78 is 18.7. The van der Waals surface area contributed by atoms with Crippen LogP contribution in [-0.2, 0) is 11.2 Å². The molecule has 3 aromatic rings. The maximum Gasteiger partial charge on any atom is 0.267 e. The first-order chi connectivity index (χ1) is 14.8. The molecule has 0 radical (unpaired) electrons. The van der Waals surface area contributed by atoms with Crippen molar-refractivity contribution in [1.82, 2.24) is 10.3 Å². The number of carbonyl (C=O) groups is 2. The van der Waals surface area contributed by atoms with E-state index in [1.165, 1.54) is 24.4 Å². The highest BCUT2D eigenvalue weighted by atomic mass is 32.1. The second kappa shape index (κ2) is 9.77. The monoisotopic (exact) mass is 438 g/mol. The normalized spacial score (nSPS) is 10.3. The van der Waals surface area contributed by atoms with Crippen LogP contribution in [0.3, 0.4) is 0 Å². The summed E-state index contributed by atoms with van der Waals surface area (Å²) in [5, 5.41) is 5.66. The molecule has 0 unspecified atom stereocenters. The van der Waals surface area contributed by atoms with Crippen molar-refractivity contribution in [2.24, 2.45) is 5.73 Å². The zero-order valence-corrected chi connectivity index (χ0v) is 17.3. The molecule has 158 valence electrons. The van der Waals surface area contributed by atoms with Crippen molar-refractivity contribution in [2.75, 3.05) is 5.32 Å². The second-order valence-corrected chi connectivity index (χ2v) is 7.04. The minimum atomic E-state index is -0.642. The van der Waals surface area contributed by atoms with Crippen LogP contribution in [0.1, 0.15) is 21.6 Å². The first-order valence-corrected chi connectivity index (χ1v) is 9.60. The van der Waals surface area contributed by atoms with Crippen LogP contribution in [-0.4, -0.2) is 21.9 Å². The van der Waals surface area contributed by atoms with Crippen molar-refractivity contribution < 1.29 is 18.7 Å².